The van der Waals surface area contributed by atoms with Gasteiger partial charge in [0, 0.05) is 13.2 Å². The van der Waals surface area contributed by atoms with Gasteiger partial charge in [-0.25, -0.2) is 0 Å². The summed E-state index contributed by atoms with van der Waals surface area (Å²) in [5.74, 6) is -2.88. The monoisotopic (exact) mass is 304 g/mol. The van der Waals surface area contributed by atoms with Gasteiger partial charge >= 0.3 is 11.9 Å². The number of carboxylic acid groups (broad SMARTS) is 1. The summed E-state index contributed by atoms with van der Waals surface area (Å²) < 4.78 is 5.00. The minimum absolute atomic E-state index is 0.140. The summed E-state index contributed by atoms with van der Waals surface area (Å²) in [5, 5.41) is 26.3. The van der Waals surface area contributed by atoms with Crippen LogP contribution in [-0.4, -0.2) is 47.1 Å². The van der Waals surface area contributed by atoms with E-state index in [0.29, 0.717) is 19.3 Å². The zero-order valence-corrected chi connectivity index (χ0v) is 12.6. The average Bonchev–Trinajstić information content (AvgIpc) is 2.45. The molecule has 0 spiro atoms. The van der Waals surface area contributed by atoms with E-state index in [0.717, 1.165) is 32.1 Å². The molecule has 6 heteroatoms. The predicted octanol–water partition coefficient (Wildman–Crippen LogP) is 1.73. The van der Waals surface area contributed by atoms with Crippen LogP contribution in [0.5, 0.6) is 0 Å². The quantitative estimate of drug-likeness (QED) is 0.256. The van der Waals surface area contributed by atoms with Crippen LogP contribution < -0.4 is 0 Å². The smallest absolute Gasteiger partial charge is 0.320 e. The van der Waals surface area contributed by atoms with Gasteiger partial charge in [0.1, 0.15) is 0 Å². The summed E-state index contributed by atoms with van der Waals surface area (Å²) in [6.45, 7) is 0.538. The maximum Gasteiger partial charge on any atom is 0.320 e. The van der Waals surface area contributed by atoms with Crippen LogP contribution in [0.15, 0.2) is 0 Å². The summed E-state index contributed by atoms with van der Waals surface area (Å²) in [4.78, 5) is 22.8. The fourth-order valence-electron chi connectivity index (χ4n) is 2.00. The van der Waals surface area contributed by atoms with Crippen molar-refractivity contribution in [1.29, 1.82) is 0 Å². The third kappa shape index (κ3) is 11.2. The molecule has 0 radical (unpaired) electrons. The highest BCUT2D eigenvalue weighted by atomic mass is 16.5. The molecule has 0 bridgehead atoms. The number of hydrogen-bond acceptors (Lipinski definition) is 5. The van der Waals surface area contributed by atoms with E-state index >= 15 is 0 Å². The van der Waals surface area contributed by atoms with E-state index in [2.05, 4.69) is 0 Å². The Balaban J connectivity index is 3.82. The number of ether oxygens (including phenoxy) is 1. The van der Waals surface area contributed by atoms with Gasteiger partial charge < -0.3 is 20.1 Å². The van der Waals surface area contributed by atoms with Crippen LogP contribution in [0, 0.1) is 5.92 Å². The molecule has 0 fully saturated rings. The number of carboxylic acids is 1. The Labute approximate surface area is 126 Å². The first-order valence-corrected chi connectivity index (χ1v) is 7.74. The van der Waals surface area contributed by atoms with Crippen LogP contribution >= 0.6 is 0 Å². The van der Waals surface area contributed by atoms with E-state index in [1.165, 1.54) is 0 Å². The molecule has 0 amide bonds. The van der Waals surface area contributed by atoms with Crippen molar-refractivity contribution in [2.45, 2.75) is 57.8 Å². The van der Waals surface area contributed by atoms with Crippen molar-refractivity contribution in [3.8, 4) is 0 Å². The predicted molar refractivity (Wildman–Crippen MR) is 77.8 cm³/mol. The Morgan fingerprint density at radius 1 is 0.810 bits per heavy atom. The zero-order chi connectivity index (χ0) is 15.9. The highest BCUT2D eigenvalue weighted by molar-refractivity contribution is 5.93. The van der Waals surface area contributed by atoms with Gasteiger partial charge in [0.2, 0.25) is 0 Å². The van der Waals surface area contributed by atoms with E-state index < -0.39 is 17.9 Å². The maximum absolute atomic E-state index is 11.7. The van der Waals surface area contributed by atoms with Crippen LogP contribution in [0.4, 0.5) is 0 Å². The minimum atomic E-state index is -1.14. The van der Waals surface area contributed by atoms with Gasteiger partial charge in [0.25, 0.3) is 0 Å². The number of aliphatic carboxylic acids is 1. The number of carbonyl (C=O) groups is 2. The SMILES string of the molecule is O=C(O)C(CCCCCCO)C(=O)OCCCCCCO. The van der Waals surface area contributed by atoms with Crippen molar-refractivity contribution >= 4 is 11.9 Å². The molecule has 0 aliphatic rings. The molecule has 0 aromatic heterocycles. The molecular weight excluding hydrogens is 276 g/mol. The van der Waals surface area contributed by atoms with Crippen molar-refractivity contribution in [1.82, 2.24) is 0 Å². The Bertz CT molecular complexity index is 279. The van der Waals surface area contributed by atoms with E-state index in [4.69, 9.17) is 20.1 Å². The fourth-order valence-corrected chi connectivity index (χ4v) is 2.00. The number of hydrogen-bond donors (Lipinski definition) is 3. The fraction of sp³-hybridized carbons (Fsp3) is 0.867. The lowest BCUT2D eigenvalue weighted by molar-refractivity contribution is -0.159. The number of aliphatic hydroxyl groups is 2. The normalized spacial score (nSPS) is 12.1. The minimum Gasteiger partial charge on any atom is -0.481 e. The molecule has 0 aromatic rings. The largest absolute Gasteiger partial charge is 0.481 e. The van der Waals surface area contributed by atoms with Crippen LogP contribution in [0.2, 0.25) is 0 Å². The number of aliphatic hydroxyl groups excluding tert-OH is 2. The molecule has 3 N–H and O–H groups in total. The molecule has 0 aliphatic carbocycles. The second-order valence-corrected chi connectivity index (χ2v) is 5.12. The topological polar surface area (TPSA) is 104 Å². The molecule has 1 atom stereocenters. The number of esters is 1. The van der Waals surface area contributed by atoms with Crippen molar-refractivity contribution < 1.29 is 29.6 Å². The van der Waals surface area contributed by atoms with E-state index in [1.54, 1.807) is 0 Å². The summed E-state index contributed by atoms with van der Waals surface area (Å²) in [6.07, 6.45) is 6.42. The molecule has 124 valence electrons. The molecule has 0 rings (SSSR count). The highest BCUT2D eigenvalue weighted by Crippen LogP contribution is 2.13. The Morgan fingerprint density at radius 3 is 1.86 bits per heavy atom. The summed E-state index contributed by atoms with van der Waals surface area (Å²) >= 11 is 0. The number of rotatable bonds is 14. The zero-order valence-electron chi connectivity index (χ0n) is 12.6. The lowest BCUT2D eigenvalue weighted by Gasteiger charge is -2.12. The molecular formula is C15H28O6. The van der Waals surface area contributed by atoms with Crippen LogP contribution in [0.3, 0.4) is 0 Å². The summed E-state index contributed by atoms with van der Waals surface area (Å²) in [5.41, 5.74) is 0. The Hall–Kier alpha value is -1.14. The first-order chi connectivity index (χ1) is 10.1. The molecule has 0 heterocycles. The van der Waals surface area contributed by atoms with Crippen molar-refractivity contribution in [2.24, 2.45) is 5.92 Å². The summed E-state index contributed by atoms with van der Waals surface area (Å²) in [7, 11) is 0. The molecule has 21 heavy (non-hydrogen) atoms. The third-order valence-electron chi connectivity index (χ3n) is 3.28. The molecule has 0 aromatic carbocycles. The number of carbonyl (C=O) groups excluding carboxylic acids is 1. The van der Waals surface area contributed by atoms with Gasteiger partial charge in [-0.2, -0.15) is 0 Å². The Kier molecular flexibility index (Phi) is 13.1. The second kappa shape index (κ2) is 13.8. The van der Waals surface area contributed by atoms with Crippen molar-refractivity contribution in [2.75, 3.05) is 19.8 Å². The van der Waals surface area contributed by atoms with Crippen LogP contribution in [-0.2, 0) is 14.3 Å². The van der Waals surface area contributed by atoms with E-state index in [-0.39, 0.29) is 26.2 Å². The third-order valence-corrected chi connectivity index (χ3v) is 3.28. The first-order valence-electron chi connectivity index (χ1n) is 7.74. The van der Waals surface area contributed by atoms with Gasteiger partial charge in [0.15, 0.2) is 5.92 Å². The molecule has 0 aliphatic heterocycles. The van der Waals surface area contributed by atoms with E-state index in [1.807, 2.05) is 0 Å². The lowest BCUT2D eigenvalue weighted by atomic mass is 10.0. The van der Waals surface area contributed by atoms with Gasteiger partial charge in [0.05, 0.1) is 6.61 Å². The van der Waals surface area contributed by atoms with Crippen molar-refractivity contribution in [3.63, 3.8) is 0 Å². The molecule has 0 saturated carbocycles. The Morgan fingerprint density at radius 2 is 1.33 bits per heavy atom. The lowest BCUT2D eigenvalue weighted by Crippen LogP contribution is -2.26. The van der Waals surface area contributed by atoms with E-state index in [9.17, 15) is 9.59 Å². The van der Waals surface area contributed by atoms with Crippen LogP contribution in [0.25, 0.3) is 0 Å². The van der Waals surface area contributed by atoms with Crippen LogP contribution in [0.1, 0.15) is 57.8 Å². The standard InChI is InChI=1S/C15H28O6/c16-10-6-2-1-5-9-13(14(18)19)15(20)21-12-8-4-3-7-11-17/h13,16-17H,1-12H2,(H,18,19). The highest BCUT2D eigenvalue weighted by Gasteiger charge is 2.27. The van der Waals surface area contributed by atoms with Gasteiger partial charge in [-0.1, -0.05) is 25.7 Å². The molecule has 0 saturated heterocycles. The maximum atomic E-state index is 11.7. The van der Waals surface area contributed by atoms with Gasteiger partial charge in [-0.15, -0.1) is 0 Å². The molecule has 1 unspecified atom stereocenters. The number of unbranched alkanes of at least 4 members (excludes halogenated alkanes) is 6. The second-order valence-electron chi connectivity index (χ2n) is 5.12. The van der Waals surface area contributed by atoms with Gasteiger partial charge in [-0.3, -0.25) is 9.59 Å². The molecule has 6 nitrogen and oxygen atoms in total. The average molecular weight is 304 g/mol. The van der Waals surface area contributed by atoms with Gasteiger partial charge in [-0.05, 0) is 32.1 Å². The first kappa shape index (κ1) is 19.9. The summed E-state index contributed by atoms with van der Waals surface area (Å²) in [6, 6.07) is 0. The van der Waals surface area contributed by atoms with Crippen molar-refractivity contribution in [3.05, 3.63) is 0 Å².